The molecule has 1 aliphatic rings. The fourth-order valence-electron chi connectivity index (χ4n) is 3.65. The number of aliphatic hydroxyl groups is 1. The number of aromatic nitrogens is 1. The molecule has 5 nitrogen and oxygen atoms in total. The van der Waals surface area contributed by atoms with Gasteiger partial charge in [0, 0.05) is 24.4 Å². The summed E-state index contributed by atoms with van der Waals surface area (Å²) in [6.07, 6.45) is 1.25. The van der Waals surface area contributed by atoms with Gasteiger partial charge < -0.3 is 14.7 Å². The van der Waals surface area contributed by atoms with Crippen LogP contribution in [0.3, 0.4) is 0 Å². The monoisotopic (exact) mass is 429 g/mol. The predicted molar refractivity (Wildman–Crippen MR) is 117 cm³/mol. The Morgan fingerprint density at radius 1 is 1.27 bits per heavy atom. The zero-order valence-corrected chi connectivity index (χ0v) is 18.3. The molecule has 0 bridgehead atoms. The molecule has 0 unspecified atom stereocenters. The maximum Gasteiger partial charge on any atom is 0.135 e. The molecule has 1 aliphatic heterocycles. The molecule has 160 valence electrons. The van der Waals surface area contributed by atoms with Crippen molar-refractivity contribution < 1.29 is 14.2 Å². The lowest BCUT2D eigenvalue weighted by Crippen LogP contribution is -2.37. The number of thioether (sulfide) groups is 1. The third kappa shape index (κ3) is 5.31. The van der Waals surface area contributed by atoms with Crippen LogP contribution >= 0.6 is 11.8 Å². The van der Waals surface area contributed by atoms with Gasteiger partial charge in [-0.2, -0.15) is 5.26 Å². The van der Waals surface area contributed by atoms with E-state index < -0.39 is 0 Å². The molecule has 3 rings (SSSR count). The molecular weight excluding hydrogens is 401 g/mol. The lowest BCUT2D eigenvalue weighted by Gasteiger charge is -2.31. The number of aliphatic hydroxyl groups excluding tert-OH is 1. The molecule has 1 aromatic carbocycles. The van der Waals surface area contributed by atoms with Gasteiger partial charge in [0.25, 0.3) is 0 Å². The van der Waals surface area contributed by atoms with E-state index in [1.54, 1.807) is 12.1 Å². The van der Waals surface area contributed by atoms with Crippen LogP contribution in [0.5, 0.6) is 0 Å². The van der Waals surface area contributed by atoms with E-state index in [0.29, 0.717) is 67.0 Å². The highest BCUT2D eigenvalue weighted by Gasteiger charge is 2.24. The second kappa shape index (κ2) is 10.8. The fraction of sp³-hybridized carbons (Fsp3) is 0.478. The van der Waals surface area contributed by atoms with Gasteiger partial charge in [0.15, 0.2) is 0 Å². The van der Waals surface area contributed by atoms with Gasteiger partial charge in [-0.15, -0.1) is 11.8 Å². The number of nitrogens with zero attached hydrogens (tertiary/aromatic N) is 3. The summed E-state index contributed by atoms with van der Waals surface area (Å²) < 4.78 is 19.4. The van der Waals surface area contributed by atoms with E-state index in [1.165, 1.54) is 17.8 Å². The number of halogens is 1. The highest BCUT2D eigenvalue weighted by atomic mass is 32.2. The van der Waals surface area contributed by atoms with E-state index in [2.05, 4.69) is 24.8 Å². The summed E-state index contributed by atoms with van der Waals surface area (Å²) in [6, 6.07) is 9.08. The molecule has 30 heavy (non-hydrogen) atoms. The van der Waals surface area contributed by atoms with Crippen molar-refractivity contribution in [3.8, 4) is 6.07 Å². The number of hydrogen-bond acceptors (Lipinski definition) is 6. The first kappa shape index (κ1) is 22.5. The number of rotatable bonds is 8. The molecular formula is C23H28FN3O2S. The zero-order valence-electron chi connectivity index (χ0n) is 17.5. The first-order chi connectivity index (χ1) is 14.5. The number of pyridine rings is 1. The van der Waals surface area contributed by atoms with E-state index in [-0.39, 0.29) is 12.4 Å². The molecule has 1 fully saturated rings. The molecule has 0 spiro atoms. The second-order valence-corrected chi connectivity index (χ2v) is 8.81. The van der Waals surface area contributed by atoms with Crippen LogP contribution in [0.4, 0.5) is 10.2 Å². The zero-order chi connectivity index (χ0) is 21.5. The Kier molecular flexibility index (Phi) is 8.08. The van der Waals surface area contributed by atoms with E-state index in [0.717, 1.165) is 16.9 Å². The third-order valence-electron chi connectivity index (χ3n) is 5.12. The van der Waals surface area contributed by atoms with Crippen LogP contribution in [-0.4, -0.2) is 42.1 Å². The summed E-state index contributed by atoms with van der Waals surface area (Å²) in [5.41, 5.74) is 2.80. The Morgan fingerprint density at radius 3 is 2.63 bits per heavy atom. The SMILES string of the molecule is CC(C)Cc1c(C#N)c(SCCc2ccccc2F)nc(N2CCOCC2)c1CO. The second-order valence-electron chi connectivity index (χ2n) is 7.73. The lowest BCUT2D eigenvalue weighted by atomic mass is 9.95. The molecule has 2 heterocycles. The maximum atomic E-state index is 14.0. The molecule has 1 aromatic heterocycles. The molecule has 2 aromatic rings. The van der Waals surface area contributed by atoms with Crippen molar-refractivity contribution in [2.45, 2.75) is 38.3 Å². The average molecular weight is 430 g/mol. The number of benzene rings is 1. The highest BCUT2D eigenvalue weighted by Crippen LogP contribution is 2.34. The van der Waals surface area contributed by atoms with Gasteiger partial charge in [-0.3, -0.25) is 0 Å². The van der Waals surface area contributed by atoms with Crippen LogP contribution in [0, 0.1) is 23.1 Å². The van der Waals surface area contributed by atoms with Gasteiger partial charge in [0.1, 0.15) is 22.7 Å². The van der Waals surface area contributed by atoms with Gasteiger partial charge in [-0.25, -0.2) is 9.37 Å². The van der Waals surface area contributed by atoms with Crippen molar-refractivity contribution in [2.24, 2.45) is 5.92 Å². The average Bonchev–Trinajstić information content (AvgIpc) is 2.75. The Balaban J connectivity index is 1.95. The summed E-state index contributed by atoms with van der Waals surface area (Å²) in [7, 11) is 0. The molecule has 0 radical (unpaired) electrons. The molecule has 1 saturated heterocycles. The van der Waals surface area contributed by atoms with Crippen molar-refractivity contribution in [2.75, 3.05) is 37.0 Å². The summed E-state index contributed by atoms with van der Waals surface area (Å²) in [6.45, 7) is 6.67. The van der Waals surface area contributed by atoms with Gasteiger partial charge in [-0.05, 0) is 36.0 Å². The van der Waals surface area contributed by atoms with Crippen LogP contribution in [0.15, 0.2) is 29.3 Å². The first-order valence-electron chi connectivity index (χ1n) is 10.3. The van der Waals surface area contributed by atoms with E-state index >= 15 is 0 Å². The standard InChI is InChI=1S/C23H28FN3O2S/c1-16(2)13-18-19(14-25)23(30-12-7-17-5-3-4-6-21(17)24)26-22(20(18)15-28)27-8-10-29-11-9-27/h3-6,16,28H,7-13,15H2,1-2H3. The molecule has 0 atom stereocenters. The third-order valence-corrected chi connectivity index (χ3v) is 6.10. The summed E-state index contributed by atoms with van der Waals surface area (Å²) in [4.78, 5) is 6.94. The van der Waals surface area contributed by atoms with Crippen molar-refractivity contribution >= 4 is 17.6 Å². The maximum absolute atomic E-state index is 14.0. The molecule has 1 N–H and O–H groups in total. The number of aryl methyl sites for hydroxylation is 1. The smallest absolute Gasteiger partial charge is 0.135 e. The van der Waals surface area contributed by atoms with Gasteiger partial charge >= 0.3 is 0 Å². The highest BCUT2D eigenvalue weighted by molar-refractivity contribution is 7.99. The van der Waals surface area contributed by atoms with Crippen LogP contribution in [0.25, 0.3) is 0 Å². The molecule has 0 saturated carbocycles. The van der Waals surface area contributed by atoms with Crippen molar-refractivity contribution in [1.29, 1.82) is 5.26 Å². The van der Waals surface area contributed by atoms with Crippen molar-refractivity contribution in [3.05, 3.63) is 52.3 Å². The molecule has 0 amide bonds. The summed E-state index contributed by atoms with van der Waals surface area (Å²) in [5.74, 6) is 1.48. The number of morpholine rings is 1. The van der Waals surface area contributed by atoms with Crippen molar-refractivity contribution in [1.82, 2.24) is 4.98 Å². The quantitative estimate of drug-likeness (QED) is 0.641. The van der Waals surface area contributed by atoms with Crippen LogP contribution in [-0.2, 0) is 24.2 Å². The number of anilines is 1. The molecule has 7 heteroatoms. The number of ether oxygens (including phenoxy) is 1. The van der Waals surface area contributed by atoms with E-state index in [1.807, 2.05) is 6.07 Å². The Labute approximate surface area is 181 Å². The van der Waals surface area contributed by atoms with Gasteiger partial charge in [-0.1, -0.05) is 32.0 Å². The fourth-order valence-corrected chi connectivity index (χ4v) is 4.63. The minimum Gasteiger partial charge on any atom is -0.392 e. The lowest BCUT2D eigenvalue weighted by molar-refractivity contribution is 0.122. The predicted octanol–water partition coefficient (Wildman–Crippen LogP) is 3.95. The summed E-state index contributed by atoms with van der Waals surface area (Å²) >= 11 is 1.47. The largest absolute Gasteiger partial charge is 0.392 e. The van der Waals surface area contributed by atoms with E-state index in [4.69, 9.17) is 9.72 Å². The summed E-state index contributed by atoms with van der Waals surface area (Å²) in [5, 5.41) is 20.7. The molecule has 0 aliphatic carbocycles. The number of nitriles is 1. The van der Waals surface area contributed by atoms with Crippen molar-refractivity contribution in [3.63, 3.8) is 0 Å². The van der Waals surface area contributed by atoms with E-state index in [9.17, 15) is 14.8 Å². The van der Waals surface area contributed by atoms with Crippen LogP contribution in [0.1, 0.15) is 36.1 Å². The Bertz CT molecular complexity index is 908. The van der Waals surface area contributed by atoms with Gasteiger partial charge in [0.05, 0.1) is 25.4 Å². The Morgan fingerprint density at radius 2 is 2.00 bits per heavy atom. The van der Waals surface area contributed by atoms with Crippen LogP contribution in [0.2, 0.25) is 0 Å². The minimum atomic E-state index is -0.211. The first-order valence-corrected chi connectivity index (χ1v) is 11.3. The van der Waals surface area contributed by atoms with Crippen LogP contribution < -0.4 is 4.90 Å². The topological polar surface area (TPSA) is 69.4 Å². The van der Waals surface area contributed by atoms with Gasteiger partial charge in [0.2, 0.25) is 0 Å². The minimum absolute atomic E-state index is 0.156. The number of hydrogen-bond donors (Lipinski definition) is 1. The Hall–Kier alpha value is -2.14. The normalized spacial score (nSPS) is 14.2.